The number of ketones is 2. The van der Waals surface area contributed by atoms with Gasteiger partial charge in [-0.15, -0.1) is 0 Å². The minimum Gasteiger partial charge on any atom is -0.393 e. The molecule has 0 unspecified atom stereocenters. The Balaban J connectivity index is 1.18. The number of hydrogen-bond donors (Lipinski definition) is 3. The second kappa shape index (κ2) is 10.4. The van der Waals surface area contributed by atoms with Crippen LogP contribution in [0.3, 0.4) is 0 Å². The van der Waals surface area contributed by atoms with Crippen molar-refractivity contribution in [2.75, 3.05) is 19.0 Å². The van der Waals surface area contributed by atoms with Crippen LogP contribution in [0.25, 0.3) is 0 Å². The van der Waals surface area contributed by atoms with Gasteiger partial charge in [-0.25, -0.2) is 0 Å². The Morgan fingerprint density at radius 2 is 1.75 bits per heavy atom. The van der Waals surface area contributed by atoms with Crippen LogP contribution in [0.5, 0.6) is 0 Å². The first kappa shape index (κ1) is 30.0. The summed E-state index contributed by atoms with van der Waals surface area (Å²) in [6.07, 6.45) is 7.89. The first-order valence-electron chi connectivity index (χ1n) is 16.0. The van der Waals surface area contributed by atoms with Crippen molar-refractivity contribution in [1.29, 1.82) is 0 Å². The summed E-state index contributed by atoms with van der Waals surface area (Å²) in [6, 6.07) is 16.8. The van der Waals surface area contributed by atoms with E-state index in [0.717, 1.165) is 45.9 Å². The minimum atomic E-state index is -0.884. The molecule has 9 atom stereocenters. The summed E-state index contributed by atoms with van der Waals surface area (Å²) < 4.78 is 6.99. The van der Waals surface area contributed by atoms with E-state index < -0.39 is 29.1 Å². The molecular formula is C37H43NO5S. The van der Waals surface area contributed by atoms with Crippen molar-refractivity contribution in [3.05, 3.63) is 77.9 Å². The van der Waals surface area contributed by atoms with Crippen molar-refractivity contribution in [1.82, 2.24) is 0 Å². The largest absolute Gasteiger partial charge is 0.393 e. The van der Waals surface area contributed by atoms with Crippen LogP contribution in [0.15, 0.2) is 82.1 Å². The molecule has 44 heavy (non-hydrogen) atoms. The van der Waals surface area contributed by atoms with Crippen LogP contribution in [0, 0.1) is 34.0 Å². The summed E-state index contributed by atoms with van der Waals surface area (Å²) in [4.78, 5) is 28.5. The lowest BCUT2D eigenvalue weighted by Gasteiger charge is -2.60. The van der Waals surface area contributed by atoms with E-state index in [-0.39, 0.29) is 40.8 Å². The zero-order valence-corrected chi connectivity index (χ0v) is 26.8. The van der Waals surface area contributed by atoms with Gasteiger partial charge in [-0.2, -0.15) is 0 Å². The quantitative estimate of drug-likeness (QED) is 0.351. The Hall–Kier alpha value is -2.71. The molecule has 0 bridgehead atoms. The fraction of sp³-hybridized carbons (Fsp3) is 0.514. The van der Waals surface area contributed by atoms with E-state index in [4.69, 9.17) is 4.74 Å². The maximum absolute atomic E-state index is 14.0. The van der Waals surface area contributed by atoms with Crippen LogP contribution in [0.1, 0.15) is 58.4 Å². The number of allylic oxidation sites excluding steroid dienone is 4. The molecule has 1 aliphatic heterocycles. The third-order valence-electron chi connectivity index (χ3n) is 12.4. The Labute approximate surface area is 264 Å². The molecule has 2 aromatic rings. The van der Waals surface area contributed by atoms with Gasteiger partial charge in [0.05, 0.1) is 23.2 Å². The SMILES string of the molecule is CNc1ccc(Sc2ccc([C@]3(C)C[C@]4(C(=O)CO)[C@@H](C[C@H]5[C@@H]6CCC7=CC(=O)C=C[C@]7(C)[C@H]6[C@@H](O)C[C@@]54C)O3)cc2)cc1. The minimum absolute atomic E-state index is 0.0177. The van der Waals surface area contributed by atoms with Gasteiger partial charge in [0.25, 0.3) is 0 Å². The van der Waals surface area contributed by atoms with Crippen molar-refractivity contribution >= 4 is 29.0 Å². The standard InChI is InChI=1S/C37H43NO5S/c1-34-16-15-25(40)17-23(34)7-14-28-29-18-32-37(31(42)20-39,35(29,2)19-30(41)33(28)34)21-36(3,43-32)22-5-10-26(11-6-22)44-27-12-8-24(38-4)9-13-27/h5-6,8-13,15-17,28-30,32-33,38-39,41H,7,14,18-21H2,1-4H3/t28-,29-,30-,32+,33+,34-,35-,36-,37-/m0/s1. The van der Waals surface area contributed by atoms with Gasteiger partial charge in [-0.3, -0.25) is 9.59 Å². The monoisotopic (exact) mass is 613 g/mol. The molecule has 4 aliphatic carbocycles. The van der Waals surface area contributed by atoms with E-state index in [0.29, 0.717) is 12.8 Å². The maximum Gasteiger partial charge on any atom is 0.178 e. The molecule has 3 saturated carbocycles. The number of ether oxygens (including phenoxy) is 1. The topological polar surface area (TPSA) is 95.9 Å². The second-order valence-corrected chi connectivity index (χ2v) is 15.6. The number of Topliss-reactive ketones (excluding diaryl/α,β-unsaturated/α-hetero) is 1. The molecule has 0 spiro atoms. The van der Waals surface area contributed by atoms with E-state index in [2.05, 4.69) is 74.6 Å². The number of nitrogens with one attached hydrogen (secondary N) is 1. The maximum atomic E-state index is 14.0. The lowest BCUT2D eigenvalue weighted by atomic mass is 9.44. The lowest BCUT2D eigenvalue weighted by molar-refractivity contribution is -0.159. The molecule has 5 aliphatic rings. The lowest BCUT2D eigenvalue weighted by Crippen LogP contribution is -2.60. The summed E-state index contributed by atoms with van der Waals surface area (Å²) in [7, 11) is 1.91. The molecule has 0 aromatic heterocycles. The van der Waals surface area contributed by atoms with E-state index in [1.54, 1.807) is 23.9 Å². The molecule has 0 amide bonds. The Morgan fingerprint density at radius 3 is 2.41 bits per heavy atom. The fourth-order valence-electron chi connectivity index (χ4n) is 10.4. The summed E-state index contributed by atoms with van der Waals surface area (Å²) in [5.41, 5.74) is 0.762. The average Bonchev–Trinajstić information content (AvgIpc) is 3.45. The highest BCUT2D eigenvalue weighted by atomic mass is 32.2. The molecular weight excluding hydrogens is 570 g/mol. The summed E-state index contributed by atoms with van der Waals surface area (Å²) in [6.45, 7) is 5.91. The van der Waals surface area contributed by atoms with E-state index in [9.17, 15) is 19.8 Å². The molecule has 4 fully saturated rings. The van der Waals surface area contributed by atoms with E-state index in [1.807, 2.05) is 13.1 Å². The summed E-state index contributed by atoms with van der Waals surface area (Å²) >= 11 is 1.70. The molecule has 6 nitrogen and oxygen atoms in total. The normalized spacial score (nSPS) is 40.5. The van der Waals surface area contributed by atoms with E-state index in [1.165, 1.54) is 0 Å². The van der Waals surface area contributed by atoms with Gasteiger partial charge in [0.15, 0.2) is 11.6 Å². The highest BCUT2D eigenvalue weighted by Gasteiger charge is 2.75. The van der Waals surface area contributed by atoms with Crippen molar-refractivity contribution in [2.45, 2.75) is 80.5 Å². The highest BCUT2D eigenvalue weighted by Crippen LogP contribution is 2.74. The molecule has 0 radical (unpaired) electrons. The number of carbonyl (C=O) groups excluding carboxylic acids is 2. The molecule has 1 saturated heterocycles. The smallest absolute Gasteiger partial charge is 0.178 e. The third kappa shape index (κ3) is 4.19. The Bertz CT molecular complexity index is 1550. The first-order valence-corrected chi connectivity index (χ1v) is 16.8. The number of aliphatic hydroxyl groups excluding tert-OH is 2. The zero-order valence-electron chi connectivity index (χ0n) is 26.0. The number of carbonyl (C=O) groups is 2. The molecule has 7 rings (SSSR count). The number of aliphatic hydroxyl groups is 2. The Kier molecular flexibility index (Phi) is 7.09. The predicted molar refractivity (Wildman–Crippen MR) is 171 cm³/mol. The predicted octanol–water partition coefficient (Wildman–Crippen LogP) is 6.32. The van der Waals surface area contributed by atoms with Crippen LogP contribution < -0.4 is 5.32 Å². The van der Waals surface area contributed by atoms with Crippen LogP contribution in [-0.4, -0.2) is 47.6 Å². The summed E-state index contributed by atoms with van der Waals surface area (Å²) in [5, 5.41) is 25.5. The third-order valence-corrected chi connectivity index (χ3v) is 13.4. The summed E-state index contributed by atoms with van der Waals surface area (Å²) in [5.74, 6) is 0.224. The zero-order chi connectivity index (χ0) is 31.1. The van der Waals surface area contributed by atoms with Gasteiger partial charge in [0.1, 0.15) is 6.61 Å². The van der Waals surface area contributed by atoms with E-state index >= 15 is 0 Å². The van der Waals surface area contributed by atoms with Gasteiger partial charge in [0, 0.05) is 33.9 Å². The van der Waals surface area contributed by atoms with Gasteiger partial charge < -0.3 is 20.3 Å². The molecule has 3 N–H and O–H groups in total. The first-order chi connectivity index (χ1) is 21.0. The number of anilines is 1. The van der Waals surface area contributed by atoms with Gasteiger partial charge >= 0.3 is 0 Å². The molecule has 1 heterocycles. The molecule has 7 heteroatoms. The van der Waals surface area contributed by atoms with Gasteiger partial charge in [0.2, 0.25) is 0 Å². The van der Waals surface area contributed by atoms with Gasteiger partial charge in [-0.05, 0) is 110 Å². The molecule has 2 aromatic carbocycles. The average molecular weight is 614 g/mol. The number of fused-ring (bicyclic) bond motifs is 7. The number of benzene rings is 2. The second-order valence-electron chi connectivity index (χ2n) is 14.4. The Morgan fingerprint density at radius 1 is 1.07 bits per heavy atom. The number of hydrogen-bond acceptors (Lipinski definition) is 7. The van der Waals surface area contributed by atoms with Crippen molar-refractivity contribution < 1.29 is 24.5 Å². The van der Waals surface area contributed by atoms with Gasteiger partial charge in [-0.1, -0.05) is 49.4 Å². The van der Waals surface area contributed by atoms with Crippen molar-refractivity contribution in [2.24, 2.45) is 34.0 Å². The number of rotatable bonds is 6. The highest BCUT2D eigenvalue weighted by molar-refractivity contribution is 7.99. The van der Waals surface area contributed by atoms with Crippen LogP contribution >= 0.6 is 11.8 Å². The van der Waals surface area contributed by atoms with Crippen molar-refractivity contribution in [3.63, 3.8) is 0 Å². The van der Waals surface area contributed by atoms with Crippen LogP contribution in [0.2, 0.25) is 0 Å². The van der Waals surface area contributed by atoms with Crippen molar-refractivity contribution in [3.8, 4) is 0 Å². The van der Waals surface area contributed by atoms with Crippen LogP contribution in [0.4, 0.5) is 5.69 Å². The van der Waals surface area contributed by atoms with Crippen LogP contribution in [-0.2, 0) is 19.9 Å². The molecule has 232 valence electrons. The fourth-order valence-corrected chi connectivity index (χ4v) is 11.2.